The monoisotopic (exact) mass is 695 g/mol. The van der Waals surface area contributed by atoms with E-state index in [-0.39, 0.29) is 0 Å². The predicted octanol–water partition coefficient (Wildman–Crippen LogP) is 9.51. The van der Waals surface area contributed by atoms with Crippen molar-refractivity contribution in [3.63, 3.8) is 0 Å². The number of allylic oxidation sites excluding steroid dienone is 5. The van der Waals surface area contributed by atoms with E-state index < -0.39 is 5.41 Å². The maximum atomic E-state index is 11.3. The van der Waals surface area contributed by atoms with E-state index in [1.54, 1.807) is 0 Å². The zero-order valence-corrected chi connectivity index (χ0v) is 31.6. The molecule has 5 rings (SSSR count). The summed E-state index contributed by atoms with van der Waals surface area (Å²) in [7, 11) is 0. The first-order chi connectivity index (χ1) is 25.5. The minimum absolute atomic E-state index is 0.393. The summed E-state index contributed by atoms with van der Waals surface area (Å²) in [5.41, 5.74) is 8.46. The maximum absolute atomic E-state index is 11.3. The second kappa shape index (κ2) is 20.5. The summed E-state index contributed by atoms with van der Waals surface area (Å²) in [4.78, 5) is 13.6. The van der Waals surface area contributed by atoms with Gasteiger partial charge in [-0.2, -0.15) is 5.26 Å². The predicted molar refractivity (Wildman–Crippen MR) is 216 cm³/mol. The van der Waals surface area contributed by atoms with Crippen LogP contribution in [0.2, 0.25) is 0 Å². The summed E-state index contributed by atoms with van der Waals surface area (Å²) in [5.74, 6) is 1.79. The molecule has 1 unspecified atom stereocenters. The van der Waals surface area contributed by atoms with Gasteiger partial charge in [-0.05, 0) is 98.7 Å². The zero-order valence-electron chi connectivity index (χ0n) is 31.6. The Hall–Kier alpha value is -5.38. The van der Waals surface area contributed by atoms with Crippen LogP contribution in [0.25, 0.3) is 0 Å². The number of carbonyl (C=O) groups excluding carboxylic acids is 1. The van der Waals surface area contributed by atoms with Gasteiger partial charge in [0, 0.05) is 23.6 Å². The number of carbonyl (C=O) groups is 1. The number of ether oxygens (including phenoxy) is 1. The molecule has 4 aromatic rings. The average molecular weight is 696 g/mol. The molecule has 0 radical (unpaired) electrons. The normalized spacial score (nSPS) is 14.2. The van der Waals surface area contributed by atoms with Crippen molar-refractivity contribution in [3.05, 3.63) is 155 Å². The van der Waals surface area contributed by atoms with Crippen LogP contribution in [-0.2, 0) is 23.1 Å². The number of para-hydroxylation sites is 2. The Morgan fingerprint density at radius 2 is 1.71 bits per heavy atom. The smallest absolute Gasteiger partial charge is 0.133 e. The molecule has 0 aromatic heterocycles. The van der Waals surface area contributed by atoms with Gasteiger partial charge < -0.3 is 25.1 Å². The molecule has 1 aliphatic rings. The third-order valence-corrected chi connectivity index (χ3v) is 9.28. The third-order valence-electron chi connectivity index (χ3n) is 9.28. The van der Waals surface area contributed by atoms with Crippen LogP contribution in [0, 0.1) is 18.3 Å². The quantitative estimate of drug-likeness (QED) is 0.0378. The average Bonchev–Trinajstić information content (AvgIpc) is 3.53. The Labute approximate surface area is 311 Å². The van der Waals surface area contributed by atoms with Crippen molar-refractivity contribution in [2.75, 3.05) is 29.9 Å². The fraction of sp³-hybridized carbons (Fsp3) is 0.304. The molecule has 0 fully saturated rings. The number of rotatable bonds is 17. The number of nitrogens with one attached hydrogen (secondary N) is 1. The second-order valence-electron chi connectivity index (χ2n) is 12.9. The van der Waals surface area contributed by atoms with Gasteiger partial charge in [0.25, 0.3) is 0 Å². The van der Waals surface area contributed by atoms with Crippen LogP contribution in [0.15, 0.2) is 133 Å². The first-order valence-electron chi connectivity index (χ1n) is 18.7. The molecule has 0 bridgehead atoms. The molecule has 0 spiro atoms. The second-order valence-corrected chi connectivity index (χ2v) is 12.9. The number of nitriles is 1. The van der Waals surface area contributed by atoms with E-state index in [9.17, 15) is 10.1 Å². The van der Waals surface area contributed by atoms with Crippen LogP contribution < -0.4 is 20.3 Å². The highest BCUT2D eigenvalue weighted by Gasteiger charge is 2.36. The largest absolute Gasteiger partial charge is 0.494 e. The highest BCUT2D eigenvalue weighted by Crippen LogP contribution is 2.41. The fourth-order valence-electron chi connectivity index (χ4n) is 6.86. The number of anilines is 2. The van der Waals surface area contributed by atoms with Gasteiger partial charge in [-0.15, -0.1) is 0 Å². The Balaban J connectivity index is 0.00000297. The molecule has 52 heavy (non-hydrogen) atoms. The third kappa shape index (κ3) is 10.3. The van der Waals surface area contributed by atoms with E-state index in [4.69, 9.17) is 4.74 Å². The Morgan fingerprint density at radius 3 is 2.44 bits per heavy atom. The summed E-state index contributed by atoms with van der Waals surface area (Å²) in [6.07, 6.45) is 12.7. The van der Waals surface area contributed by atoms with Gasteiger partial charge in [-0.1, -0.05) is 93.6 Å². The van der Waals surface area contributed by atoms with Gasteiger partial charge >= 0.3 is 0 Å². The molecule has 0 saturated heterocycles. The zero-order chi connectivity index (χ0) is 37.2. The van der Waals surface area contributed by atoms with E-state index in [0.29, 0.717) is 31.6 Å². The van der Waals surface area contributed by atoms with Crippen LogP contribution in [0.3, 0.4) is 0 Å². The molecule has 6 heteroatoms. The number of aldehydes is 1. The molecule has 270 valence electrons. The maximum Gasteiger partial charge on any atom is 0.133 e. The number of nitrogens with zero attached hydrogens (tertiary/aromatic N) is 2. The van der Waals surface area contributed by atoms with Gasteiger partial charge in [0.15, 0.2) is 0 Å². The molecule has 1 atom stereocenters. The molecule has 3 N–H and O–H groups in total. The molecule has 1 aliphatic heterocycles. The van der Waals surface area contributed by atoms with Crippen molar-refractivity contribution in [1.82, 2.24) is 0 Å². The number of nitrogens with two attached hydrogens (primary N) is 1. The number of aryl methyl sites for hydroxylation is 1. The van der Waals surface area contributed by atoms with Gasteiger partial charge in [0.2, 0.25) is 0 Å². The van der Waals surface area contributed by atoms with Crippen molar-refractivity contribution in [1.29, 1.82) is 5.26 Å². The van der Waals surface area contributed by atoms with Gasteiger partial charge in [-0.25, -0.2) is 0 Å². The number of fused-ring (bicyclic) bond motifs is 1. The topological polar surface area (TPSA) is 82.0 Å². The molecule has 0 saturated carbocycles. The van der Waals surface area contributed by atoms with Crippen LogP contribution in [-0.4, -0.2) is 26.0 Å². The summed E-state index contributed by atoms with van der Waals surface area (Å²) in [6.45, 7) is 12.5. The molecule has 1 heterocycles. The van der Waals surface area contributed by atoms with Crippen molar-refractivity contribution in [2.24, 2.45) is 0 Å². The molecule has 4 aromatic carbocycles. The summed E-state index contributed by atoms with van der Waals surface area (Å²) in [5, 5.41) is 16.0. The number of benzene rings is 4. The molecule has 0 amide bonds. The van der Waals surface area contributed by atoms with E-state index in [1.807, 2.05) is 51.1 Å². The van der Waals surface area contributed by atoms with Crippen LogP contribution in [0.4, 0.5) is 17.1 Å². The number of quaternary nitrogens is 1. The lowest BCUT2D eigenvalue weighted by Gasteiger charge is -2.35. The first-order valence-corrected chi connectivity index (χ1v) is 18.7. The Kier molecular flexibility index (Phi) is 15.5. The number of hydrogen-bond donors (Lipinski definition) is 2. The van der Waals surface area contributed by atoms with E-state index in [1.165, 1.54) is 22.3 Å². The van der Waals surface area contributed by atoms with E-state index >= 15 is 0 Å². The lowest BCUT2D eigenvalue weighted by molar-refractivity contribution is -0.570. The lowest BCUT2D eigenvalue weighted by Crippen LogP contribution is -2.78. The summed E-state index contributed by atoms with van der Waals surface area (Å²) >= 11 is 0. The van der Waals surface area contributed by atoms with Crippen molar-refractivity contribution >= 4 is 23.3 Å². The van der Waals surface area contributed by atoms with Crippen molar-refractivity contribution < 1.29 is 14.8 Å². The van der Waals surface area contributed by atoms with E-state index in [2.05, 4.69) is 126 Å². The minimum atomic E-state index is -0.393. The first kappa shape index (κ1) is 39.4. The fourth-order valence-corrected chi connectivity index (χ4v) is 6.86. The Bertz CT molecular complexity index is 1870. The Morgan fingerprint density at radius 1 is 0.962 bits per heavy atom. The standard InChI is InChI=1S/C44H48N4O2.C2H6/c1-4-28-48-42-21-12-11-20-41(42)47-43(48)25-22-36(33-45)18-13-26-44(31-35-16-7-6-8-17-35,32-37-19-10-9-15-34(37)3)39-30-38(50-5-2)23-24-40(39)46-27-14-29-49;1-2/h6-13,15-25,29-30,46-47H,4-5,14,26-28,31-32H2,1-3H3;1-2H3/p+1/b18-13+,36-22-,43-25+;. The van der Waals surface area contributed by atoms with Gasteiger partial charge in [-0.3, -0.25) is 0 Å². The van der Waals surface area contributed by atoms with Crippen LogP contribution in [0.5, 0.6) is 5.75 Å². The van der Waals surface area contributed by atoms with Crippen molar-refractivity contribution in [3.8, 4) is 11.8 Å². The van der Waals surface area contributed by atoms with Gasteiger partial charge in [0.05, 0.1) is 42.6 Å². The summed E-state index contributed by atoms with van der Waals surface area (Å²) in [6, 6.07) is 36.3. The van der Waals surface area contributed by atoms with Crippen molar-refractivity contribution in [2.45, 2.75) is 72.1 Å². The minimum Gasteiger partial charge on any atom is -0.494 e. The van der Waals surface area contributed by atoms with E-state index in [0.717, 1.165) is 60.7 Å². The molecule has 6 nitrogen and oxygen atoms in total. The highest BCUT2D eigenvalue weighted by molar-refractivity contribution is 5.81. The molecule has 0 aliphatic carbocycles. The highest BCUT2D eigenvalue weighted by atomic mass is 16.5. The molecular formula is C46H55N4O2+. The molecular weight excluding hydrogens is 641 g/mol. The van der Waals surface area contributed by atoms with Crippen LogP contribution in [0.1, 0.15) is 69.2 Å². The number of hydrogen-bond acceptors (Lipinski definition) is 5. The SMILES string of the molecule is CC.CCCN1/C(=C/C=C(C#N)/C=C/CC(Cc2ccccc2)(Cc2ccccc2C)c2cc(OCC)ccc2[NH2+]CCC=O)Nc2ccccc21. The lowest BCUT2D eigenvalue weighted by atomic mass is 9.68. The van der Waals surface area contributed by atoms with Gasteiger partial charge in [0.1, 0.15) is 23.5 Å². The summed E-state index contributed by atoms with van der Waals surface area (Å²) < 4.78 is 6.08. The van der Waals surface area contributed by atoms with Crippen LogP contribution >= 0.6 is 0 Å².